The highest BCUT2D eigenvalue weighted by molar-refractivity contribution is 5.77. The second-order valence-corrected chi connectivity index (χ2v) is 2.81. The van der Waals surface area contributed by atoms with E-state index >= 15 is 0 Å². The van der Waals surface area contributed by atoms with Crippen LogP contribution in [-0.2, 0) is 0 Å². The molecule has 0 radical (unpaired) electrons. The molecule has 7 heteroatoms. The summed E-state index contributed by atoms with van der Waals surface area (Å²) in [6.45, 7) is 0. The topological polar surface area (TPSA) is 70.1 Å². The Kier molecular flexibility index (Phi) is 2.07. The summed E-state index contributed by atoms with van der Waals surface area (Å²) in [7, 11) is 0. The molecule has 0 spiro atoms. The van der Waals surface area contributed by atoms with E-state index in [0.717, 1.165) is 6.07 Å². The van der Waals surface area contributed by atoms with Crippen LogP contribution >= 0.6 is 0 Å². The van der Waals surface area contributed by atoms with Gasteiger partial charge in [0.05, 0.1) is 4.92 Å². The summed E-state index contributed by atoms with van der Waals surface area (Å²) < 4.78 is 24.4. The molecule has 2 aromatic rings. The lowest BCUT2D eigenvalue weighted by atomic mass is 10.3. The van der Waals surface area contributed by atoms with Crippen molar-refractivity contribution >= 4 is 16.7 Å². The first-order valence-corrected chi connectivity index (χ1v) is 3.95. The Hall–Kier alpha value is -2.05. The molecule has 0 unspecified atom stereocenters. The zero-order valence-electron chi connectivity index (χ0n) is 7.22. The molecule has 78 valence electrons. The molecule has 0 N–H and O–H groups in total. The van der Waals surface area contributed by atoms with Crippen LogP contribution in [0.25, 0.3) is 11.0 Å². The zero-order valence-corrected chi connectivity index (χ0v) is 7.22. The predicted octanol–water partition coefficient (Wildman–Crippen LogP) is 2.04. The van der Waals surface area contributed by atoms with Gasteiger partial charge in [0.25, 0.3) is 12.1 Å². The van der Waals surface area contributed by atoms with Crippen LogP contribution in [0.1, 0.15) is 12.2 Å². The lowest BCUT2D eigenvalue weighted by molar-refractivity contribution is -0.384. The van der Waals surface area contributed by atoms with E-state index in [4.69, 9.17) is 0 Å². The number of nitro groups is 1. The van der Waals surface area contributed by atoms with Crippen molar-refractivity contribution in [3.63, 3.8) is 0 Å². The molecular formula is C8H4F2N3O2-. The molecule has 1 aromatic carbocycles. The molecule has 0 aliphatic rings. The van der Waals surface area contributed by atoms with Crippen LogP contribution in [0, 0.1) is 10.1 Å². The van der Waals surface area contributed by atoms with Crippen molar-refractivity contribution in [1.29, 1.82) is 0 Å². The predicted molar refractivity (Wildman–Crippen MR) is 46.7 cm³/mol. The number of hydrogen-bond acceptors (Lipinski definition) is 3. The van der Waals surface area contributed by atoms with Gasteiger partial charge in [-0.05, 0) is 16.9 Å². The second kappa shape index (κ2) is 3.26. The third-order valence-electron chi connectivity index (χ3n) is 1.83. The van der Waals surface area contributed by atoms with Crippen LogP contribution in [0.15, 0.2) is 18.2 Å². The molecule has 1 heterocycles. The number of nitro benzene ring substituents is 1. The molecule has 0 amide bonds. The molecule has 0 saturated heterocycles. The van der Waals surface area contributed by atoms with Gasteiger partial charge in [-0.25, -0.2) is 8.78 Å². The van der Waals surface area contributed by atoms with Crippen LogP contribution in [0.5, 0.6) is 0 Å². The Morgan fingerprint density at radius 2 is 2.20 bits per heavy atom. The molecule has 0 saturated carbocycles. The van der Waals surface area contributed by atoms with Crippen molar-refractivity contribution in [2.75, 3.05) is 0 Å². The Morgan fingerprint density at radius 3 is 2.80 bits per heavy atom. The van der Waals surface area contributed by atoms with Crippen LogP contribution in [-0.4, -0.2) is 9.91 Å². The van der Waals surface area contributed by atoms with Gasteiger partial charge in [0.2, 0.25) is 0 Å². The first kappa shape index (κ1) is 9.50. The van der Waals surface area contributed by atoms with Crippen molar-refractivity contribution in [2.24, 2.45) is 0 Å². The van der Waals surface area contributed by atoms with Crippen LogP contribution < -0.4 is 4.98 Å². The molecule has 1 aromatic heterocycles. The number of nitrogens with zero attached hydrogens (tertiary/aromatic N) is 3. The third kappa shape index (κ3) is 1.63. The number of hydrogen-bond donors (Lipinski definition) is 0. The quantitative estimate of drug-likeness (QED) is 0.564. The minimum absolute atomic E-state index is 0.111. The first-order valence-electron chi connectivity index (χ1n) is 3.95. The fraction of sp³-hybridized carbons (Fsp3) is 0.125. The van der Waals surface area contributed by atoms with Gasteiger partial charge < -0.3 is 9.97 Å². The Bertz CT molecular complexity index is 524. The van der Waals surface area contributed by atoms with Crippen molar-refractivity contribution in [2.45, 2.75) is 6.43 Å². The average Bonchev–Trinajstić information content (AvgIpc) is 2.59. The van der Waals surface area contributed by atoms with E-state index in [1.165, 1.54) is 12.1 Å². The van der Waals surface area contributed by atoms with Crippen molar-refractivity contribution in [3.05, 3.63) is 34.1 Å². The average molecular weight is 212 g/mol. The summed E-state index contributed by atoms with van der Waals surface area (Å²) in [6.07, 6.45) is -2.77. The summed E-state index contributed by atoms with van der Waals surface area (Å²) in [5, 5.41) is 10.4. The van der Waals surface area contributed by atoms with Crippen molar-refractivity contribution < 1.29 is 13.7 Å². The van der Waals surface area contributed by atoms with E-state index in [2.05, 4.69) is 9.97 Å². The summed E-state index contributed by atoms with van der Waals surface area (Å²) >= 11 is 0. The summed E-state index contributed by atoms with van der Waals surface area (Å²) in [4.78, 5) is 16.8. The second-order valence-electron chi connectivity index (χ2n) is 2.81. The third-order valence-corrected chi connectivity index (χ3v) is 1.83. The normalized spacial score (nSPS) is 11.1. The standard InChI is InChI=1S/C8H4F2N3O2/c9-7(10)8-11-5-2-1-4(13(14)15)3-6(5)12-8/h1-3,7H/q-1. The molecule has 2 rings (SSSR count). The first-order chi connectivity index (χ1) is 7.08. The number of alkyl halides is 2. The maximum atomic E-state index is 12.2. The van der Waals surface area contributed by atoms with E-state index < -0.39 is 17.2 Å². The number of non-ortho nitro benzene ring substituents is 1. The lowest BCUT2D eigenvalue weighted by Crippen LogP contribution is -1.87. The fourth-order valence-electron chi connectivity index (χ4n) is 1.18. The molecular weight excluding hydrogens is 208 g/mol. The molecule has 0 aliphatic carbocycles. The monoisotopic (exact) mass is 212 g/mol. The Morgan fingerprint density at radius 1 is 1.47 bits per heavy atom. The van der Waals surface area contributed by atoms with E-state index in [0.29, 0.717) is 0 Å². The highest BCUT2D eigenvalue weighted by Gasteiger charge is 2.07. The number of aromatic nitrogens is 2. The number of halogens is 2. The van der Waals surface area contributed by atoms with Gasteiger partial charge in [0.1, 0.15) is 0 Å². The largest absolute Gasteiger partial charge is 0.435 e. The maximum Gasteiger partial charge on any atom is 0.269 e. The van der Waals surface area contributed by atoms with Gasteiger partial charge in [-0.15, -0.1) is 0 Å². The van der Waals surface area contributed by atoms with Gasteiger partial charge in [0, 0.05) is 12.1 Å². The van der Waals surface area contributed by atoms with E-state index in [1.807, 2.05) is 0 Å². The summed E-state index contributed by atoms with van der Waals surface area (Å²) in [5.74, 6) is -0.606. The lowest BCUT2D eigenvalue weighted by Gasteiger charge is -1.98. The van der Waals surface area contributed by atoms with Crippen LogP contribution in [0.2, 0.25) is 0 Å². The van der Waals surface area contributed by atoms with Gasteiger partial charge in [-0.2, -0.15) is 0 Å². The summed E-state index contributed by atoms with van der Waals surface area (Å²) in [5.41, 5.74) is 0.151. The highest BCUT2D eigenvalue weighted by atomic mass is 19.3. The number of imidazole rings is 1. The zero-order chi connectivity index (χ0) is 11.0. The minimum atomic E-state index is -2.77. The smallest absolute Gasteiger partial charge is 0.269 e. The molecule has 0 bridgehead atoms. The maximum absolute atomic E-state index is 12.2. The van der Waals surface area contributed by atoms with Crippen molar-refractivity contribution in [3.8, 4) is 0 Å². The SMILES string of the molecule is O=[N+]([O-])c1ccc2[n-]c(C(F)F)nc2c1. The number of fused-ring (bicyclic) bond motifs is 1. The van der Waals surface area contributed by atoms with Gasteiger partial charge in [0.15, 0.2) is 0 Å². The van der Waals surface area contributed by atoms with Crippen LogP contribution in [0.3, 0.4) is 0 Å². The molecule has 15 heavy (non-hydrogen) atoms. The van der Waals surface area contributed by atoms with Gasteiger partial charge in [-0.1, -0.05) is 6.07 Å². The Labute approximate surface area is 81.9 Å². The molecule has 0 aliphatic heterocycles. The minimum Gasteiger partial charge on any atom is -0.435 e. The number of benzene rings is 1. The fourth-order valence-corrected chi connectivity index (χ4v) is 1.18. The number of rotatable bonds is 2. The van der Waals surface area contributed by atoms with E-state index in [1.54, 1.807) is 0 Å². The van der Waals surface area contributed by atoms with Gasteiger partial charge >= 0.3 is 0 Å². The summed E-state index contributed by atoms with van der Waals surface area (Å²) in [6, 6.07) is 3.62. The molecule has 5 nitrogen and oxygen atoms in total. The molecule has 0 fully saturated rings. The Balaban J connectivity index is 2.57. The highest BCUT2D eigenvalue weighted by Crippen LogP contribution is 2.22. The van der Waals surface area contributed by atoms with Crippen molar-refractivity contribution in [1.82, 2.24) is 9.97 Å². The molecule has 0 atom stereocenters. The van der Waals surface area contributed by atoms with Crippen LogP contribution in [0.4, 0.5) is 14.5 Å². The van der Waals surface area contributed by atoms with E-state index in [9.17, 15) is 18.9 Å². The van der Waals surface area contributed by atoms with E-state index in [-0.39, 0.29) is 16.7 Å². The van der Waals surface area contributed by atoms with Gasteiger partial charge in [-0.3, -0.25) is 10.1 Å².